The van der Waals surface area contributed by atoms with E-state index in [2.05, 4.69) is 29.6 Å². The molecular formula is C28H25Cl2NO5. The van der Waals surface area contributed by atoms with E-state index in [0.717, 1.165) is 5.56 Å². The van der Waals surface area contributed by atoms with Gasteiger partial charge in [0.25, 0.3) is 5.91 Å². The van der Waals surface area contributed by atoms with Crippen LogP contribution in [0.2, 0.25) is 5.02 Å². The van der Waals surface area contributed by atoms with Gasteiger partial charge in [0.05, 0.1) is 17.5 Å². The molecule has 0 aromatic heterocycles. The largest absolute Gasteiger partial charge is 0.493 e. The van der Waals surface area contributed by atoms with Gasteiger partial charge in [0.15, 0.2) is 0 Å². The van der Waals surface area contributed by atoms with E-state index < -0.39 is 17.4 Å². The Morgan fingerprint density at radius 1 is 1.06 bits per heavy atom. The average Bonchev–Trinajstić information content (AvgIpc) is 3.70. The van der Waals surface area contributed by atoms with Crippen molar-refractivity contribution in [2.24, 2.45) is 0 Å². The van der Waals surface area contributed by atoms with Crippen molar-refractivity contribution >= 4 is 35.1 Å². The molecule has 0 saturated heterocycles. The number of carboxylic acid groups (broad SMARTS) is 1. The SMILES string of the molecule is O=C(NC(Cl)Cc1ccc(C2CC2)cc1)c1ccc(Oc2cc3c(cc2Cl)C(C(=O)O)CCO3)cc1. The minimum absolute atomic E-state index is 0.280. The van der Waals surface area contributed by atoms with Crippen molar-refractivity contribution in [3.63, 3.8) is 0 Å². The molecule has 36 heavy (non-hydrogen) atoms. The molecule has 1 aliphatic carbocycles. The van der Waals surface area contributed by atoms with Crippen molar-refractivity contribution in [3.05, 3.63) is 87.9 Å². The van der Waals surface area contributed by atoms with Crippen LogP contribution in [-0.4, -0.2) is 29.1 Å². The van der Waals surface area contributed by atoms with Crippen LogP contribution in [0.1, 0.15) is 58.1 Å². The summed E-state index contributed by atoms with van der Waals surface area (Å²) < 4.78 is 11.5. The quantitative estimate of drug-likeness (QED) is 0.259. The molecule has 8 heteroatoms. The third kappa shape index (κ3) is 5.61. The molecule has 5 rings (SSSR count). The average molecular weight is 526 g/mol. The second kappa shape index (κ2) is 10.4. The summed E-state index contributed by atoms with van der Waals surface area (Å²) in [5.41, 5.74) is 2.88. The minimum atomic E-state index is -0.913. The number of fused-ring (bicyclic) bond motifs is 1. The monoisotopic (exact) mass is 525 g/mol. The maximum Gasteiger partial charge on any atom is 0.311 e. The Balaban J connectivity index is 1.20. The van der Waals surface area contributed by atoms with Gasteiger partial charge in [-0.3, -0.25) is 9.59 Å². The summed E-state index contributed by atoms with van der Waals surface area (Å²) >= 11 is 12.8. The number of carboxylic acids is 1. The predicted octanol–water partition coefficient (Wildman–Crippen LogP) is 6.50. The topological polar surface area (TPSA) is 84.9 Å². The van der Waals surface area contributed by atoms with Crippen LogP contribution in [0.15, 0.2) is 60.7 Å². The highest BCUT2D eigenvalue weighted by atomic mass is 35.5. The highest BCUT2D eigenvalue weighted by molar-refractivity contribution is 6.32. The van der Waals surface area contributed by atoms with Crippen LogP contribution in [0.5, 0.6) is 17.2 Å². The third-order valence-electron chi connectivity index (χ3n) is 6.48. The van der Waals surface area contributed by atoms with Gasteiger partial charge >= 0.3 is 5.97 Å². The van der Waals surface area contributed by atoms with E-state index in [9.17, 15) is 14.7 Å². The van der Waals surface area contributed by atoms with Crippen LogP contribution in [-0.2, 0) is 11.2 Å². The summed E-state index contributed by atoms with van der Waals surface area (Å²) in [7, 11) is 0. The van der Waals surface area contributed by atoms with E-state index in [4.69, 9.17) is 32.7 Å². The van der Waals surface area contributed by atoms with Gasteiger partial charge in [0.2, 0.25) is 0 Å². The number of benzene rings is 3. The lowest BCUT2D eigenvalue weighted by Gasteiger charge is -2.24. The fraction of sp³-hybridized carbons (Fsp3) is 0.286. The first kappa shape index (κ1) is 24.5. The molecule has 1 heterocycles. The Bertz CT molecular complexity index is 1270. The van der Waals surface area contributed by atoms with Crippen LogP contribution < -0.4 is 14.8 Å². The summed E-state index contributed by atoms with van der Waals surface area (Å²) in [4.78, 5) is 24.2. The molecule has 2 atom stereocenters. The molecule has 1 amide bonds. The molecule has 1 aliphatic heterocycles. The smallest absolute Gasteiger partial charge is 0.311 e. The lowest BCUT2D eigenvalue weighted by Crippen LogP contribution is -2.32. The van der Waals surface area contributed by atoms with E-state index in [1.165, 1.54) is 18.4 Å². The van der Waals surface area contributed by atoms with Crippen molar-refractivity contribution in [3.8, 4) is 17.2 Å². The molecular weight excluding hydrogens is 501 g/mol. The van der Waals surface area contributed by atoms with E-state index in [0.29, 0.717) is 53.7 Å². The van der Waals surface area contributed by atoms with Gasteiger partial charge in [-0.05, 0) is 66.6 Å². The molecule has 186 valence electrons. The molecule has 1 fully saturated rings. The van der Waals surface area contributed by atoms with E-state index >= 15 is 0 Å². The zero-order chi connectivity index (χ0) is 25.2. The number of rotatable bonds is 8. The van der Waals surface area contributed by atoms with Gasteiger partial charge in [-0.25, -0.2) is 0 Å². The number of hydrogen-bond donors (Lipinski definition) is 2. The molecule has 0 radical (unpaired) electrons. The highest BCUT2D eigenvalue weighted by Crippen LogP contribution is 2.42. The maximum absolute atomic E-state index is 12.6. The number of hydrogen-bond acceptors (Lipinski definition) is 4. The molecule has 2 aliphatic rings. The number of halogens is 2. The van der Waals surface area contributed by atoms with Crippen LogP contribution in [0.4, 0.5) is 0 Å². The van der Waals surface area contributed by atoms with Gasteiger partial charge in [-0.1, -0.05) is 47.5 Å². The number of ether oxygens (including phenoxy) is 2. The molecule has 0 spiro atoms. The maximum atomic E-state index is 12.6. The normalized spacial score (nSPS) is 17.4. The van der Waals surface area contributed by atoms with E-state index in [-0.39, 0.29) is 10.9 Å². The van der Waals surface area contributed by atoms with Gasteiger partial charge in [-0.15, -0.1) is 0 Å². The first-order valence-electron chi connectivity index (χ1n) is 11.9. The molecule has 2 unspecified atom stereocenters. The number of nitrogens with one attached hydrogen (secondary N) is 1. The molecule has 1 saturated carbocycles. The lowest BCUT2D eigenvalue weighted by molar-refractivity contribution is -0.139. The van der Waals surface area contributed by atoms with Crippen LogP contribution in [0.25, 0.3) is 0 Å². The number of alkyl halides is 1. The predicted molar refractivity (Wildman–Crippen MR) is 138 cm³/mol. The summed E-state index contributed by atoms with van der Waals surface area (Å²) in [5, 5.41) is 12.5. The summed E-state index contributed by atoms with van der Waals surface area (Å²) in [5.74, 6) is 0.105. The first-order valence-corrected chi connectivity index (χ1v) is 12.7. The van der Waals surface area contributed by atoms with Gasteiger partial charge in [0, 0.05) is 23.6 Å². The Morgan fingerprint density at radius 3 is 2.44 bits per heavy atom. The van der Waals surface area contributed by atoms with E-state index in [1.54, 1.807) is 36.4 Å². The fourth-order valence-corrected chi connectivity index (χ4v) is 4.84. The van der Waals surface area contributed by atoms with E-state index in [1.807, 2.05) is 0 Å². The molecule has 2 N–H and O–H groups in total. The van der Waals surface area contributed by atoms with Gasteiger partial charge in [0.1, 0.15) is 22.7 Å². The number of carbonyl (C=O) groups is 2. The zero-order valence-corrected chi connectivity index (χ0v) is 20.9. The van der Waals surface area contributed by atoms with Crippen LogP contribution in [0.3, 0.4) is 0 Å². The van der Waals surface area contributed by atoms with Gasteiger partial charge < -0.3 is 19.9 Å². The summed E-state index contributed by atoms with van der Waals surface area (Å²) in [6.07, 6.45) is 3.44. The molecule has 0 bridgehead atoms. The fourth-order valence-electron chi connectivity index (χ4n) is 4.35. The Labute approximate surface area is 219 Å². The summed E-state index contributed by atoms with van der Waals surface area (Å²) in [6, 6.07) is 18.2. The van der Waals surface area contributed by atoms with Crippen LogP contribution in [0, 0.1) is 0 Å². The minimum Gasteiger partial charge on any atom is -0.493 e. The van der Waals surface area contributed by atoms with Crippen molar-refractivity contribution in [1.29, 1.82) is 0 Å². The van der Waals surface area contributed by atoms with Crippen molar-refractivity contribution in [2.75, 3.05) is 6.61 Å². The second-order valence-corrected chi connectivity index (χ2v) is 10.1. The molecule has 3 aromatic carbocycles. The third-order valence-corrected chi connectivity index (χ3v) is 7.04. The Kier molecular flexibility index (Phi) is 7.08. The van der Waals surface area contributed by atoms with Crippen molar-refractivity contribution in [1.82, 2.24) is 5.32 Å². The summed E-state index contributed by atoms with van der Waals surface area (Å²) in [6.45, 7) is 0.308. The lowest BCUT2D eigenvalue weighted by atomic mass is 9.93. The standard InChI is InChI=1S/C28H25Cl2NO5/c29-23-14-22-21(28(33)34)11-12-35-24(22)15-25(23)36-20-9-7-19(8-10-20)27(32)31-26(30)13-16-1-3-17(4-2-16)18-5-6-18/h1-4,7-10,14-15,18,21,26H,5-6,11-13H2,(H,31,32)(H,33,34). The van der Waals surface area contributed by atoms with Gasteiger partial charge in [-0.2, -0.15) is 0 Å². The molecule has 3 aromatic rings. The van der Waals surface area contributed by atoms with Crippen LogP contribution >= 0.6 is 23.2 Å². The second-order valence-electron chi connectivity index (χ2n) is 9.14. The number of carbonyl (C=O) groups excluding carboxylic acids is 1. The highest BCUT2D eigenvalue weighted by Gasteiger charge is 2.29. The number of amides is 1. The Hall–Kier alpha value is -3.22. The number of aliphatic carboxylic acids is 1. The molecule has 6 nitrogen and oxygen atoms in total. The Morgan fingerprint density at radius 2 is 1.78 bits per heavy atom. The first-order chi connectivity index (χ1) is 17.4. The van der Waals surface area contributed by atoms with Crippen molar-refractivity contribution in [2.45, 2.75) is 43.0 Å². The van der Waals surface area contributed by atoms with Crippen molar-refractivity contribution < 1.29 is 24.2 Å². The zero-order valence-electron chi connectivity index (χ0n) is 19.4.